The third-order valence-electron chi connectivity index (χ3n) is 4.72. The smallest absolute Gasteiger partial charge is 0.256 e. The molecule has 2 amide bonds. The summed E-state index contributed by atoms with van der Waals surface area (Å²) in [6, 6.07) is 8.88. The van der Waals surface area contributed by atoms with Gasteiger partial charge in [0.2, 0.25) is 5.91 Å². The van der Waals surface area contributed by atoms with Crippen LogP contribution in [-0.4, -0.2) is 34.3 Å². The molecule has 7 heteroatoms. The zero-order valence-electron chi connectivity index (χ0n) is 14.0. The van der Waals surface area contributed by atoms with Crippen LogP contribution < -0.4 is 5.32 Å². The van der Waals surface area contributed by atoms with Crippen molar-refractivity contribution in [2.24, 2.45) is 0 Å². The number of amides is 2. The summed E-state index contributed by atoms with van der Waals surface area (Å²) in [5, 5.41) is 3.71. The van der Waals surface area contributed by atoms with Crippen LogP contribution in [-0.2, 0) is 11.3 Å². The summed E-state index contributed by atoms with van der Waals surface area (Å²) < 4.78 is 6.10. The number of fused-ring (bicyclic) bond motifs is 1. The highest BCUT2D eigenvalue weighted by molar-refractivity contribution is 9.10. The summed E-state index contributed by atoms with van der Waals surface area (Å²) in [5.74, 6) is 0.416. The number of carbonyl (C=O) groups is 2. The van der Waals surface area contributed by atoms with Crippen molar-refractivity contribution in [1.82, 2.24) is 15.2 Å². The maximum Gasteiger partial charge on any atom is 0.256 e. The summed E-state index contributed by atoms with van der Waals surface area (Å²) in [6.45, 7) is 0.901. The molecule has 2 N–H and O–H groups in total. The third-order valence-corrected chi connectivity index (χ3v) is 5.38. The van der Waals surface area contributed by atoms with E-state index in [0.29, 0.717) is 30.8 Å². The number of hydrogen-bond acceptors (Lipinski definition) is 3. The predicted molar refractivity (Wildman–Crippen MR) is 101 cm³/mol. The van der Waals surface area contributed by atoms with E-state index in [1.165, 1.54) is 0 Å². The Morgan fingerprint density at radius 3 is 3.00 bits per heavy atom. The number of rotatable bonds is 4. The van der Waals surface area contributed by atoms with Crippen LogP contribution in [0.1, 0.15) is 29.0 Å². The highest BCUT2D eigenvalue weighted by atomic mass is 79.9. The second kappa shape index (κ2) is 6.99. The van der Waals surface area contributed by atoms with Gasteiger partial charge < -0.3 is 19.6 Å². The van der Waals surface area contributed by atoms with E-state index in [1.54, 1.807) is 29.5 Å². The molecule has 4 rings (SSSR count). The maximum atomic E-state index is 13.1. The molecule has 0 aliphatic carbocycles. The first-order valence-electron chi connectivity index (χ1n) is 8.52. The Morgan fingerprint density at radius 1 is 1.31 bits per heavy atom. The normalized spacial score (nSPS) is 17.0. The number of likely N-dealkylation sites (tertiary alicyclic amines) is 1. The number of furan rings is 1. The molecule has 3 heterocycles. The van der Waals surface area contributed by atoms with Gasteiger partial charge >= 0.3 is 0 Å². The summed E-state index contributed by atoms with van der Waals surface area (Å²) >= 11 is 3.51. The van der Waals surface area contributed by atoms with E-state index in [0.717, 1.165) is 21.8 Å². The van der Waals surface area contributed by atoms with Crippen LogP contribution in [0.4, 0.5) is 0 Å². The van der Waals surface area contributed by atoms with Gasteiger partial charge in [-0.05, 0) is 37.1 Å². The highest BCUT2D eigenvalue weighted by Gasteiger charge is 2.35. The summed E-state index contributed by atoms with van der Waals surface area (Å²) in [5.41, 5.74) is 1.47. The van der Waals surface area contributed by atoms with E-state index >= 15 is 0 Å². The SMILES string of the molecule is O=C(NCc1ccco1)[C@@H]1CCCN1C(=O)c1c[nH]c2cccc(Br)c12. The topological polar surface area (TPSA) is 78.3 Å². The Hall–Kier alpha value is -2.54. The molecule has 0 unspecified atom stereocenters. The van der Waals surface area contributed by atoms with Crippen molar-refractivity contribution in [3.63, 3.8) is 0 Å². The molecule has 0 radical (unpaired) electrons. The maximum absolute atomic E-state index is 13.1. The molecule has 26 heavy (non-hydrogen) atoms. The van der Waals surface area contributed by atoms with Crippen molar-refractivity contribution in [3.05, 3.63) is 58.6 Å². The van der Waals surface area contributed by atoms with Crippen LogP contribution in [0.5, 0.6) is 0 Å². The van der Waals surface area contributed by atoms with Crippen molar-refractivity contribution in [1.29, 1.82) is 0 Å². The zero-order chi connectivity index (χ0) is 18.1. The van der Waals surface area contributed by atoms with Gasteiger partial charge in [0.05, 0.1) is 18.4 Å². The largest absolute Gasteiger partial charge is 0.467 e. The van der Waals surface area contributed by atoms with Crippen LogP contribution in [0.15, 0.2) is 51.7 Å². The van der Waals surface area contributed by atoms with Crippen molar-refractivity contribution < 1.29 is 14.0 Å². The van der Waals surface area contributed by atoms with Gasteiger partial charge in [-0.15, -0.1) is 0 Å². The Morgan fingerprint density at radius 2 is 2.19 bits per heavy atom. The molecule has 1 atom stereocenters. The van der Waals surface area contributed by atoms with Gasteiger partial charge in [-0.25, -0.2) is 0 Å². The summed E-state index contributed by atoms with van der Waals surface area (Å²) in [7, 11) is 0. The molecule has 1 aromatic carbocycles. The van der Waals surface area contributed by atoms with Gasteiger partial charge in [0.25, 0.3) is 5.91 Å². The number of hydrogen-bond donors (Lipinski definition) is 2. The number of halogens is 1. The lowest BCUT2D eigenvalue weighted by Crippen LogP contribution is -2.45. The summed E-state index contributed by atoms with van der Waals surface area (Å²) in [4.78, 5) is 30.5. The van der Waals surface area contributed by atoms with Crippen LogP contribution in [0, 0.1) is 0 Å². The number of H-pyrrole nitrogens is 1. The van der Waals surface area contributed by atoms with E-state index in [2.05, 4.69) is 26.2 Å². The zero-order valence-corrected chi connectivity index (χ0v) is 15.6. The molecule has 2 aromatic heterocycles. The second-order valence-electron chi connectivity index (χ2n) is 6.32. The lowest BCUT2D eigenvalue weighted by atomic mass is 10.1. The quantitative estimate of drug-likeness (QED) is 0.684. The molecule has 1 aliphatic heterocycles. The molecule has 0 bridgehead atoms. The van der Waals surface area contributed by atoms with Crippen molar-refractivity contribution in [2.75, 3.05) is 6.54 Å². The van der Waals surface area contributed by atoms with Gasteiger partial charge in [0.15, 0.2) is 0 Å². The van der Waals surface area contributed by atoms with Crippen LogP contribution in [0.3, 0.4) is 0 Å². The Kier molecular flexibility index (Phi) is 4.55. The van der Waals surface area contributed by atoms with E-state index in [9.17, 15) is 9.59 Å². The fraction of sp³-hybridized carbons (Fsp3) is 0.263. The molecular weight excluding hydrogens is 398 g/mol. The molecule has 1 fully saturated rings. The number of benzene rings is 1. The molecule has 3 aromatic rings. The van der Waals surface area contributed by atoms with Crippen molar-refractivity contribution in [3.8, 4) is 0 Å². The minimum atomic E-state index is -0.454. The molecule has 1 aliphatic rings. The minimum Gasteiger partial charge on any atom is -0.467 e. The van der Waals surface area contributed by atoms with Crippen LogP contribution in [0.25, 0.3) is 10.9 Å². The molecule has 1 saturated heterocycles. The van der Waals surface area contributed by atoms with Gasteiger partial charge in [0, 0.05) is 28.1 Å². The molecule has 0 spiro atoms. The Balaban J connectivity index is 1.53. The second-order valence-corrected chi connectivity index (χ2v) is 7.17. The van der Waals surface area contributed by atoms with Crippen molar-refractivity contribution >= 4 is 38.6 Å². The van der Waals surface area contributed by atoms with E-state index in [1.807, 2.05) is 18.2 Å². The fourth-order valence-corrected chi connectivity index (χ4v) is 4.03. The Labute approximate surface area is 158 Å². The van der Waals surface area contributed by atoms with Crippen molar-refractivity contribution in [2.45, 2.75) is 25.4 Å². The Bertz CT molecular complexity index is 948. The first-order valence-corrected chi connectivity index (χ1v) is 9.31. The van der Waals surface area contributed by atoms with Gasteiger partial charge in [0.1, 0.15) is 11.8 Å². The standard InChI is InChI=1S/C19H18BrN3O3/c20-14-5-1-6-15-17(14)13(11-21-15)19(25)23-8-2-7-16(23)18(24)22-10-12-4-3-9-26-12/h1,3-6,9,11,16,21H,2,7-8,10H2,(H,22,24)/t16-/m0/s1. The van der Waals surface area contributed by atoms with E-state index < -0.39 is 6.04 Å². The molecule has 0 saturated carbocycles. The molecule has 134 valence electrons. The molecule has 6 nitrogen and oxygen atoms in total. The van der Waals surface area contributed by atoms with Gasteiger partial charge in [-0.1, -0.05) is 22.0 Å². The lowest BCUT2D eigenvalue weighted by Gasteiger charge is -2.23. The fourth-order valence-electron chi connectivity index (χ4n) is 3.45. The number of aromatic nitrogens is 1. The van der Waals surface area contributed by atoms with Gasteiger partial charge in [-0.2, -0.15) is 0 Å². The minimum absolute atomic E-state index is 0.126. The number of nitrogens with zero attached hydrogens (tertiary/aromatic N) is 1. The average Bonchev–Trinajstić information content (AvgIpc) is 3.39. The monoisotopic (exact) mass is 415 g/mol. The van der Waals surface area contributed by atoms with Crippen LogP contribution >= 0.6 is 15.9 Å². The van der Waals surface area contributed by atoms with Gasteiger partial charge in [-0.3, -0.25) is 9.59 Å². The third kappa shape index (κ3) is 3.03. The first kappa shape index (κ1) is 16.9. The van der Waals surface area contributed by atoms with E-state index in [4.69, 9.17) is 4.42 Å². The number of carbonyl (C=O) groups excluding carboxylic acids is 2. The number of aromatic amines is 1. The highest BCUT2D eigenvalue weighted by Crippen LogP contribution is 2.29. The lowest BCUT2D eigenvalue weighted by molar-refractivity contribution is -0.125. The van der Waals surface area contributed by atoms with Crippen LogP contribution in [0.2, 0.25) is 0 Å². The predicted octanol–water partition coefficient (Wildman–Crippen LogP) is 3.44. The summed E-state index contributed by atoms with van der Waals surface area (Å²) in [6.07, 6.45) is 4.77. The first-order chi connectivity index (χ1) is 12.6. The van der Waals surface area contributed by atoms with E-state index in [-0.39, 0.29) is 11.8 Å². The number of nitrogens with one attached hydrogen (secondary N) is 2. The average molecular weight is 416 g/mol. The molecular formula is C19H18BrN3O3.